The minimum atomic E-state index is 0.295. The van der Waals surface area contributed by atoms with Crippen molar-refractivity contribution in [2.75, 3.05) is 52.9 Å². The van der Waals surface area contributed by atoms with Gasteiger partial charge in [0.1, 0.15) is 0 Å². The third-order valence-electron chi connectivity index (χ3n) is 6.10. The molecule has 1 N–H and O–H groups in total. The minimum Gasteiger partial charge on any atom is -0.353 e. The molecule has 1 aromatic rings. The molecule has 28 heavy (non-hydrogen) atoms. The van der Waals surface area contributed by atoms with Crippen molar-refractivity contribution < 1.29 is 4.79 Å². The van der Waals surface area contributed by atoms with E-state index in [1.807, 2.05) is 11.9 Å². The maximum Gasteiger partial charge on any atom is 0.236 e. The number of nitrogens with zero attached hydrogens (tertiary/aromatic N) is 4. The lowest BCUT2D eigenvalue weighted by Crippen LogP contribution is -2.54. The largest absolute Gasteiger partial charge is 0.353 e. The van der Waals surface area contributed by atoms with Gasteiger partial charge in [-0.1, -0.05) is 28.1 Å². The van der Waals surface area contributed by atoms with Crippen LogP contribution in [0.1, 0.15) is 30.7 Å². The minimum absolute atomic E-state index is 0.295. The molecule has 3 fully saturated rings. The molecule has 2 heterocycles. The molecule has 6 nitrogen and oxygen atoms in total. The van der Waals surface area contributed by atoms with E-state index in [4.69, 9.17) is 0 Å². The van der Waals surface area contributed by atoms with E-state index in [0.717, 1.165) is 69.0 Å². The van der Waals surface area contributed by atoms with E-state index < -0.39 is 0 Å². The lowest BCUT2D eigenvalue weighted by Gasteiger charge is -2.36. The number of hydrogen-bond acceptors (Lipinski definition) is 3. The first-order valence-corrected chi connectivity index (χ1v) is 11.2. The Labute approximate surface area is 176 Å². The number of benzene rings is 1. The highest BCUT2D eigenvalue weighted by atomic mass is 79.9. The zero-order valence-corrected chi connectivity index (χ0v) is 18.2. The highest BCUT2D eigenvalue weighted by Gasteiger charge is 2.39. The Morgan fingerprint density at radius 2 is 1.75 bits per heavy atom. The van der Waals surface area contributed by atoms with Crippen molar-refractivity contribution in [3.63, 3.8) is 0 Å². The second-order valence-corrected chi connectivity index (χ2v) is 8.96. The number of hydrogen-bond donors (Lipinski definition) is 1. The van der Waals surface area contributed by atoms with Crippen LogP contribution < -0.4 is 5.32 Å². The number of likely N-dealkylation sites (tertiary alicyclic amines) is 1. The van der Waals surface area contributed by atoms with Gasteiger partial charge in [0, 0.05) is 62.7 Å². The Kier molecular flexibility index (Phi) is 6.21. The van der Waals surface area contributed by atoms with Gasteiger partial charge in [0.2, 0.25) is 5.91 Å². The Bertz CT molecular complexity index is 708. The molecule has 3 aliphatic rings. The zero-order chi connectivity index (χ0) is 19.5. The predicted molar refractivity (Wildman–Crippen MR) is 116 cm³/mol. The molecule has 2 saturated heterocycles. The number of guanidine groups is 1. The molecule has 0 bridgehead atoms. The van der Waals surface area contributed by atoms with Crippen LogP contribution in [-0.2, 0) is 4.79 Å². The summed E-state index contributed by atoms with van der Waals surface area (Å²) in [5, 5.41) is 3.64. The van der Waals surface area contributed by atoms with Gasteiger partial charge in [-0.05, 0) is 37.0 Å². The summed E-state index contributed by atoms with van der Waals surface area (Å²) in [5.41, 5.74) is 1.39. The van der Waals surface area contributed by atoms with Crippen LogP contribution in [0.5, 0.6) is 0 Å². The normalized spacial score (nSPS) is 25.9. The summed E-state index contributed by atoms with van der Waals surface area (Å²) < 4.78 is 1.12. The molecule has 1 saturated carbocycles. The molecule has 0 spiro atoms. The van der Waals surface area contributed by atoms with Crippen LogP contribution in [0.3, 0.4) is 0 Å². The first-order chi connectivity index (χ1) is 13.6. The van der Waals surface area contributed by atoms with E-state index in [1.54, 1.807) is 0 Å². The Balaban J connectivity index is 1.23. The Hall–Kier alpha value is -1.60. The van der Waals surface area contributed by atoms with Crippen LogP contribution in [0.2, 0.25) is 0 Å². The molecule has 2 atom stereocenters. The molecule has 2 unspecified atom stereocenters. The van der Waals surface area contributed by atoms with Crippen LogP contribution >= 0.6 is 15.9 Å². The quantitative estimate of drug-likeness (QED) is 0.567. The molecule has 2 aliphatic heterocycles. The van der Waals surface area contributed by atoms with E-state index in [0.29, 0.717) is 24.4 Å². The number of piperazine rings is 1. The molecule has 1 amide bonds. The number of carbonyl (C=O) groups excluding carboxylic acids is 1. The number of rotatable bonds is 4. The molecule has 4 rings (SSSR count). The topological polar surface area (TPSA) is 51.2 Å². The molecule has 1 aliphatic carbocycles. The van der Waals surface area contributed by atoms with Gasteiger partial charge in [-0.25, -0.2) is 0 Å². The van der Waals surface area contributed by atoms with Gasteiger partial charge in [0.05, 0.1) is 6.54 Å². The van der Waals surface area contributed by atoms with Gasteiger partial charge < -0.3 is 15.1 Å². The van der Waals surface area contributed by atoms with Gasteiger partial charge in [-0.3, -0.25) is 14.7 Å². The summed E-state index contributed by atoms with van der Waals surface area (Å²) in [6, 6.07) is 9.10. The third kappa shape index (κ3) is 4.69. The number of amides is 1. The second kappa shape index (κ2) is 8.82. The lowest BCUT2D eigenvalue weighted by atomic mass is 10.1. The van der Waals surface area contributed by atoms with Crippen LogP contribution in [0.4, 0.5) is 0 Å². The zero-order valence-electron chi connectivity index (χ0n) is 16.6. The summed E-state index contributed by atoms with van der Waals surface area (Å²) in [4.78, 5) is 23.5. The predicted octanol–water partition coefficient (Wildman–Crippen LogP) is 2.12. The fourth-order valence-corrected chi connectivity index (χ4v) is 4.54. The van der Waals surface area contributed by atoms with Gasteiger partial charge in [0.25, 0.3) is 0 Å². The smallest absolute Gasteiger partial charge is 0.236 e. The highest BCUT2D eigenvalue weighted by Crippen LogP contribution is 2.41. The number of aliphatic imine (C=N–C) groups is 1. The molecule has 0 aromatic heterocycles. The molecular formula is C21H30BrN5O. The van der Waals surface area contributed by atoms with Crippen molar-refractivity contribution in [3.05, 3.63) is 34.3 Å². The molecule has 0 radical (unpaired) electrons. The third-order valence-corrected chi connectivity index (χ3v) is 6.63. The van der Waals surface area contributed by atoms with Crippen molar-refractivity contribution in [2.45, 2.75) is 31.2 Å². The van der Waals surface area contributed by atoms with Crippen LogP contribution in [0.25, 0.3) is 0 Å². The monoisotopic (exact) mass is 447 g/mol. The summed E-state index contributed by atoms with van der Waals surface area (Å²) in [7, 11) is 1.86. The standard InChI is InChI=1S/C21H30BrN5O/c1-23-21(24-19-14-18(19)16-4-6-17(22)7-5-16)27-12-10-25(11-13-27)15-20(28)26-8-2-3-9-26/h4-7,18-19H,2-3,8-15H2,1H3,(H,23,24). The average Bonchev–Trinajstić information content (AvgIpc) is 3.25. The van der Waals surface area contributed by atoms with Gasteiger partial charge in [-0.15, -0.1) is 0 Å². The van der Waals surface area contributed by atoms with E-state index in [1.165, 1.54) is 5.56 Å². The summed E-state index contributed by atoms with van der Waals surface area (Å²) in [5.74, 6) is 1.86. The first-order valence-electron chi connectivity index (χ1n) is 10.4. The Morgan fingerprint density at radius 3 is 2.39 bits per heavy atom. The highest BCUT2D eigenvalue weighted by molar-refractivity contribution is 9.10. The van der Waals surface area contributed by atoms with Crippen molar-refractivity contribution in [1.82, 2.24) is 20.0 Å². The van der Waals surface area contributed by atoms with Gasteiger partial charge in [0.15, 0.2) is 5.96 Å². The number of nitrogens with one attached hydrogen (secondary N) is 1. The summed E-state index contributed by atoms with van der Waals surface area (Å²) in [6.07, 6.45) is 3.47. The number of halogens is 1. The fraction of sp³-hybridized carbons (Fsp3) is 0.619. The van der Waals surface area contributed by atoms with Crippen molar-refractivity contribution in [3.8, 4) is 0 Å². The molecule has 7 heteroatoms. The summed E-state index contributed by atoms with van der Waals surface area (Å²) >= 11 is 3.50. The number of carbonyl (C=O) groups is 1. The fourth-order valence-electron chi connectivity index (χ4n) is 4.27. The lowest BCUT2D eigenvalue weighted by molar-refractivity contribution is -0.131. The van der Waals surface area contributed by atoms with Crippen molar-refractivity contribution in [2.24, 2.45) is 4.99 Å². The average molecular weight is 448 g/mol. The Morgan fingerprint density at radius 1 is 1.07 bits per heavy atom. The van der Waals surface area contributed by atoms with Crippen molar-refractivity contribution in [1.29, 1.82) is 0 Å². The summed E-state index contributed by atoms with van der Waals surface area (Å²) in [6.45, 7) is 6.12. The van der Waals surface area contributed by atoms with Crippen molar-refractivity contribution >= 4 is 27.8 Å². The molecule has 152 valence electrons. The molecule has 1 aromatic carbocycles. The van der Waals surface area contributed by atoms with E-state index >= 15 is 0 Å². The SMILES string of the molecule is CN=C(NC1CC1c1ccc(Br)cc1)N1CCN(CC(=O)N2CCCC2)CC1. The van der Waals surface area contributed by atoms with Crippen LogP contribution in [0, 0.1) is 0 Å². The van der Waals surface area contributed by atoms with Crippen LogP contribution in [-0.4, -0.2) is 85.5 Å². The van der Waals surface area contributed by atoms with E-state index in [9.17, 15) is 4.79 Å². The second-order valence-electron chi connectivity index (χ2n) is 8.04. The molecular weight excluding hydrogens is 418 g/mol. The van der Waals surface area contributed by atoms with Gasteiger partial charge >= 0.3 is 0 Å². The van der Waals surface area contributed by atoms with Crippen LogP contribution in [0.15, 0.2) is 33.7 Å². The maximum atomic E-state index is 12.4. The first kappa shape index (κ1) is 19.7. The van der Waals surface area contributed by atoms with E-state index in [-0.39, 0.29) is 0 Å². The van der Waals surface area contributed by atoms with E-state index in [2.05, 4.69) is 60.3 Å². The van der Waals surface area contributed by atoms with Gasteiger partial charge in [-0.2, -0.15) is 0 Å². The maximum absolute atomic E-state index is 12.4.